The molecule has 0 radical (unpaired) electrons. The van der Waals surface area contributed by atoms with Crippen LogP contribution in [-0.2, 0) is 4.79 Å². The van der Waals surface area contributed by atoms with Gasteiger partial charge in [0.15, 0.2) is 11.5 Å². The third-order valence-electron chi connectivity index (χ3n) is 6.62. The molecule has 3 N–H and O–H groups in total. The fraction of sp³-hybridized carbons (Fsp3) is 0.167. The summed E-state index contributed by atoms with van der Waals surface area (Å²) in [6.07, 6.45) is 1.49. The first-order valence-corrected chi connectivity index (χ1v) is 12.5. The number of allylic oxidation sites excluding steroid dienone is 1. The van der Waals surface area contributed by atoms with Crippen LogP contribution < -0.4 is 30.2 Å². The maximum atomic E-state index is 13.8. The van der Waals surface area contributed by atoms with E-state index < -0.39 is 6.04 Å². The van der Waals surface area contributed by atoms with Crippen molar-refractivity contribution in [1.82, 2.24) is 9.78 Å². The molecule has 0 saturated heterocycles. The number of para-hydroxylation sites is 1. The van der Waals surface area contributed by atoms with Crippen molar-refractivity contribution in [2.24, 2.45) is 0 Å². The normalized spacial score (nSPS) is 14.1. The Balaban J connectivity index is 1.56. The minimum Gasteiger partial charge on any atom is -0.497 e. The van der Waals surface area contributed by atoms with E-state index in [1.807, 2.05) is 24.3 Å². The Kier molecular flexibility index (Phi) is 7.41. The summed E-state index contributed by atoms with van der Waals surface area (Å²) in [5, 5.41) is 13.7. The number of amides is 2. The average molecular weight is 540 g/mol. The van der Waals surface area contributed by atoms with Crippen molar-refractivity contribution in [3.63, 3.8) is 0 Å². The number of carbonyl (C=O) groups is 2. The standard InChI is InChI=1S/C30H29N5O5/c1-18-26(30(37)34-21-11-13-22(38-2)14-12-21)27(19-10-15-24(39-3)25(16-19)40-4)35-28(32-18)23(17-31-35)29(36)33-20-8-6-5-7-9-20/h5-17,27,32H,1-4H3,(H,33,36)(H,34,37). The molecule has 0 saturated carbocycles. The highest BCUT2D eigenvalue weighted by Crippen LogP contribution is 2.40. The van der Waals surface area contributed by atoms with Crippen LogP contribution in [0.3, 0.4) is 0 Å². The van der Waals surface area contributed by atoms with Crippen LogP contribution in [0, 0.1) is 0 Å². The van der Waals surface area contributed by atoms with E-state index in [-0.39, 0.29) is 11.8 Å². The fourth-order valence-corrected chi connectivity index (χ4v) is 4.64. The number of fused-ring (bicyclic) bond motifs is 1. The van der Waals surface area contributed by atoms with Crippen LogP contribution in [0.5, 0.6) is 17.2 Å². The lowest BCUT2D eigenvalue weighted by Crippen LogP contribution is -2.32. The molecular formula is C30H29N5O5. The highest BCUT2D eigenvalue weighted by atomic mass is 16.5. The monoisotopic (exact) mass is 539 g/mol. The zero-order chi connectivity index (χ0) is 28.2. The van der Waals surface area contributed by atoms with Gasteiger partial charge in [-0.25, -0.2) is 4.68 Å². The summed E-state index contributed by atoms with van der Waals surface area (Å²) in [5.41, 5.74) is 3.32. The zero-order valence-electron chi connectivity index (χ0n) is 22.5. The van der Waals surface area contributed by atoms with E-state index in [1.54, 1.807) is 81.5 Å². The van der Waals surface area contributed by atoms with Crippen LogP contribution in [0.15, 0.2) is 90.3 Å². The van der Waals surface area contributed by atoms with Gasteiger partial charge in [-0.3, -0.25) is 9.59 Å². The largest absolute Gasteiger partial charge is 0.497 e. The van der Waals surface area contributed by atoms with Gasteiger partial charge in [0.05, 0.1) is 33.1 Å². The van der Waals surface area contributed by atoms with Gasteiger partial charge in [0, 0.05) is 17.1 Å². The number of nitrogens with zero attached hydrogens (tertiary/aromatic N) is 2. The van der Waals surface area contributed by atoms with Gasteiger partial charge < -0.3 is 30.2 Å². The quantitative estimate of drug-likeness (QED) is 0.286. The van der Waals surface area contributed by atoms with Crippen molar-refractivity contribution in [3.8, 4) is 17.2 Å². The minimum atomic E-state index is -0.674. The van der Waals surface area contributed by atoms with Gasteiger partial charge >= 0.3 is 0 Å². The number of hydrogen-bond acceptors (Lipinski definition) is 7. The molecule has 1 aliphatic rings. The molecule has 40 heavy (non-hydrogen) atoms. The Morgan fingerprint density at radius 2 is 1.50 bits per heavy atom. The number of aromatic nitrogens is 2. The van der Waals surface area contributed by atoms with Gasteiger partial charge in [0.2, 0.25) is 0 Å². The smallest absolute Gasteiger partial charge is 0.261 e. The molecule has 0 aliphatic carbocycles. The van der Waals surface area contributed by atoms with Crippen LogP contribution >= 0.6 is 0 Å². The van der Waals surface area contributed by atoms with E-state index in [4.69, 9.17) is 14.2 Å². The van der Waals surface area contributed by atoms with Crippen LogP contribution in [-0.4, -0.2) is 42.9 Å². The number of methoxy groups -OCH3 is 3. The Morgan fingerprint density at radius 1 is 0.825 bits per heavy atom. The van der Waals surface area contributed by atoms with Crippen LogP contribution in [0.25, 0.3) is 0 Å². The molecule has 10 nitrogen and oxygen atoms in total. The predicted octanol–water partition coefficient (Wildman–Crippen LogP) is 5.09. The second-order valence-electron chi connectivity index (χ2n) is 9.03. The third kappa shape index (κ3) is 5.06. The summed E-state index contributed by atoms with van der Waals surface area (Å²) in [5.74, 6) is 1.54. The van der Waals surface area contributed by atoms with E-state index in [1.165, 1.54) is 6.20 Å². The highest BCUT2D eigenvalue weighted by Gasteiger charge is 2.36. The molecule has 0 bridgehead atoms. The predicted molar refractivity (Wildman–Crippen MR) is 152 cm³/mol. The van der Waals surface area contributed by atoms with E-state index in [2.05, 4.69) is 21.0 Å². The first-order chi connectivity index (χ1) is 19.4. The van der Waals surface area contributed by atoms with Crippen LogP contribution in [0.2, 0.25) is 0 Å². The second-order valence-corrected chi connectivity index (χ2v) is 9.03. The van der Waals surface area contributed by atoms with E-state index >= 15 is 0 Å². The summed E-state index contributed by atoms with van der Waals surface area (Å²) < 4.78 is 17.8. The summed E-state index contributed by atoms with van der Waals surface area (Å²) >= 11 is 0. The molecule has 1 unspecified atom stereocenters. The van der Waals surface area contributed by atoms with Gasteiger partial charge in [0.25, 0.3) is 11.8 Å². The molecule has 0 fully saturated rings. The van der Waals surface area contributed by atoms with E-state index in [0.717, 1.165) is 5.56 Å². The minimum absolute atomic E-state index is 0.327. The topological polar surface area (TPSA) is 116 Å². The number of rotatable bonds is 8. The van der Waals surface area contributed by atoms with Crippen molar-refractivity contribution in [2.45, 2.75) is 13.0 Å². The number of anilines is 3. The van der Waals surface area contributed by atoms with Crippen molar-refractivity contribution in [3.05, 3.63) is 101 Å². The molecule has 5 rings (SSSR count). The van der Waals surface area contributed by atoms with Crippen LogP contribution in [0.4, 0.5) is 17.2 Å². The van der Waals surface area contributed by atoms with Crippen LogP contribution in [0.1, 0.15) is 28.9 Å². The number of hydrogen-bond donors (Lipinski definition) is 3. The highest BCUT2D eigenvalue weighted by molar-refractivity contribution is 6.09. The Bertz CT molecular complexity index is 1580. The summed E-state index contributed by atoms with van der Waals surface area (Å²) in [6.45, 7) is 1.80. The van der Waals surface area contributed by atoms with Crippen molar-refractivity contribution >= 4 is 29.0 Å². The molecule has 2 amide bonds. The molecule has 1 atom stereocenters. The lowest BCUT2D eigenvalue weighted by molar-refractivity contribution is -0.113. The molecule has 204 valence electrons. The van der Waals surface area contributed by atoms with Gasteiger partial charge in [-0.05, 0) is 61.0 Å². The summed E-state index contributed by atoms with van der Waals surface area (Å²) in [7, 11) is 4.69. The maximum absolute atomic E-state index is 13.8. The Hall–Kier alpha value is -5.25. The SMILES string of the molecule is COc1ccc(NC(=O)C2=C(C)Nc3c(C(=O)Nc4ccccc4)cnn3C2c2ccc(OC)c(OC)c2)cc1. The molecule has 10 heteroatoms. The van der Waals surface area contributed by atoms with Crippen molar-refractivity contribution in [2.75, 3.05) is 37.3 Å². The molecule has 1 aliphatic heterocycles. The first kappa shape index (κ1) is 26.4. The average Bonchev–Trinajstić information content (AvgIpc) is 3.40. The lowest BCUT2D eigenvalue weighted by atomic mass is 9.94. The molecular weight excluding hydrogens is 510 g/mol. The van der Waals surface area contributed by atoms with Gasteiger partial charge in [-0.15, -0.1) is 0 Å². The first-order valence-electron chi connectivity index (χ1n) is 12.5. The van der Waals surface area contributed by atoms with Crippen molar-refractivity contribution in [1.29, 1.82) is 0 Å². The fourth-order valence-electron chi connectivity index (χ4n) is 4.64. The van der Waals surface area contributed by atoms with Crippen molar-refractivity contribution < 1.29 is 23.8 Å². The van der Waals surface area contributed by atoms with Gasteiger partial charge in [-0.1, -0.05) is 24.3 Å². The van der Waals surface area contributed by atoms with E-state index in [0.29, 0.717) is 51.3 Å². The Labute approximate surface area is 231 Å². The molecule has 1 aromatic heterocycles. The summed E-state index contributed by atoms with van der Waals surface area (Å²) in [4.78, 5) is 27.0. The third-order valence-corrected chi connectivity index (χ3v) is 6.62. The number of nitrogens with one attached hydrogen (secondary N) is 3. The maximum Gasteiger partial charge on any atom is 0.261 e. The lowest BCUT2D eigenvalue weighted by Gasteiger charge is -2.30. The Morgan fingerprint density at radius 3 is 2.17 bits per heavy atom. The number of ether oxygens (including phenoxy) is 3. The zero-order valence-corrected chi connectivity index (χ0v) is 22.5. The molecule has 0 spiro atoms. The van der Waals surface area contributed by atoms with E-state index in [9.17, 15) is 9.59 Å². The molecule has 4 aromatic rings. The summed E-state index contributed by atoms with van der Waals surface area (Å²) in [6, 6.07) is 21.0. The molecule has 3 aromatic carbocycles. The van der Waals surface area contributed by atoms with Gasteiger partial charge in [0.1, 0.15) is 23.2 Å². The number of benzene rings is 3. The van der Waals surface area contributed by atoms with Gasteiger partial charge in [-0.2, -0.15) is 5.10 Å². The number of carbonyl (C=O) groups excluding carboxylic acids is 2. The molecule has 2 heterocycles. The second kappa shape index (κ2) is 11.2.